The first-order valence-electron chi connectivity index (χ1n) is 6.93. The molecule has 1 saturated carbocycles. The van der Waals surface area contributed by atoms with E-state index in [1.54, 1.807) is 18.2 Å². The summed E-state index contributed by atoms with van der Waals surface area (Å²) in [4.78, 5) is 24.8. The van der Waals surface area contributed by atoms with Crippen molar-refractivity contribution in [3.63, 3.8) is 0 Å². The molecule has 1 fully saturated rings. The van der Waals surface area contributed by atoms with Gasteiger partial charge in [-0.05, 0) is 31.0 Å². The third-order valence-corrected chi connectivity index (χ3v) is 4.25. The topological polar surface area (TPSA) is 69.6 Å². The van der Waals surface area contributed by atoms with E-state index in [0.29, 0.717) is 17.7 Å². The largest absolute Gasteiger partial charge is 0.388 e. The lowest BCUT2D eigenvalue weighted by molar-refractivity contribution is 0.0614. The monoisotopic (exact) mass is 274 g/mol. The highest BCUT2D eigenvalue weighted by Gasteiger charge is 2.33. The average molecular weight is 274 g/mol. The molecule has 1 aromatic carbocycles. The van der Waals surface area contributed by atoms with E-state index in [-0.39, 0.29) is 11.8 Å². The highest BCUT2D eigenvalue weighted by atomic mass is 16.3. The zero-order valence-electron chi connectivity index (χ0n) is 11.5. The number of anilines is 1. The van der Waals surface area contributed by atoms with E-state index < -0.39 is 5.60 Å². The fraction of sp³-hybridized carbons (Fsp3) is 0.467. The van der Waals surface area contributed by atoms with Crippen LogP contribution in [0.3, 0.4) is 0 Å². The zero-order chi connectivity index (χ0) is 14.3. The number of nitrogens with one attached hydrogen (secondary N) is 1. The van der Waals surface area contributed by atoms with Gasteiger partial charge in [-0.1, -0.05) is 12.8 Å². The van der Waals surface area contributed by atoms with E-state index in [0.717, 1.165) is 36.3 Å². The summed E-state index contributed by atoms with van der Waals surface area (Å²) in [5, 5.41) is 13.5. The summed E-state index contributed by atoms with van der Waals surface area (Å²) in [7, 11) is 1.49. The third-order valence-electron chi connectivity index (χ3n) is 4.25. The first-order chi connectivity index (χ1) is 9.50. The number of nitrogens with zero attached hydrogens (tertiary/aromatic N) is 1. The van der Waals surface area contributed by atoms with Gasteiger partial charge in [0.2, 0.25) is 0 Å². The van der Waals surface area contributed by atoms with Gasteiger partial charge in [-0.25, -0.2) is 0 Å². The third kappa shape index (κ3) is 2.08. The number of aliphatic hydroxyl groups is 1. The van der Waals surface area contributed by atoms with Crippen LogP contribution >= 0.6 is 0 Å². The van der Waals surface area contributed by atoms with Gasteiger partial charge >= 0.3 is 0 Å². The molecule has 1 aliphatic heterocycles. The predicted molar refractivity (Wildman–Crippen MR) is 74.8 cm³/mol. The summed E-state index contributed by atoms with van der Waals surface area (Å²) >= 11 is 0. The Balaban J connectivity index is 1.77. The Morgan fingerprint density at radius 2 is 1.85 bits per heavy atom. The zero-order valence-corrected chi connectivity index (χ0v) is 11.5. The van der Waals surface area contributed by atoms with Gasteiger partial charge in [0.05, 0.1) is 16.7 Å². The SMILES string of the molecule is CN1C(=O)c2ccc(NCC3(O)CCCC3)cc2C1=O. The molecule has 20 heavy (non-hydrogen) atoms. The maximum atomic E-state index is 11.9. The van der Waals surface area contributed by atoms with E-state index in [2.05, 4.69) is 5.32 Å². The molecule has 5 nitrogen and oxygen atoms in total. The van der Waals surface area contributed by atoms with Gasteiger partial charge in [0, 0.05) is 19.3 Å². The van der Waals surface area contributed by atoms with E-state index in [1.165, 1.54) is 7.05 Å². The van der Waals surface area contributed by atoms with Crippen LogP contribution in [0, 0.1) is 0 Å². The molecule has 106 valence electrons. The summed E-state index contributed by atoms with van der Waals surface area (Å²) in [6.07, 6.45) is 3.73. The van der Waals surface area contributed by atoms with Gasteiger partial charge < -0.3 is 10.4 Å². The molecule has 1 heterocycles. The summed E-state index contributed by atoms with van der Waals surface area (Å²) in [5.41, 5.74) is 0.999. The average Bonchev–Trinajstić information content (AvgIpc) is 2.97. The predicted octanol–water partition coefficient (Wildman–Crippen LogP) is 1.63. The minimum absolute atomic E-state index is 0.258. The van der Waals surface area contributed by atoms with E-state index in [9.17, 15) is 14.7 Å². The molecule has 1 aromatic rings. The molecule has 2 aliphatic rings. The van der Waals surface area contributed by atoms with Crippen LogP contribution in [0.4, 0.5) is 5.69 Å². The first kappa shape index (κ1) is 13.1. The highest BCUT2D eigenvalue weighted by Crippen LogP contribution is 2.30. The minimum atomic E-state index is -0.643. The maximum absolute atomic E-state index is 11.9. The Bertz CT molecular complexity index is 576. The smallest absolute Gasteiger partial charge is 0.261 e. The van der Waals surface area contributed by atoms with Crippen molar-refractivity contribution in [2.24, 2.45) is 0 Å². The van der Waals surface area contributed by atoms with Crippen LogP contribution in [0.1, 0.15) is 46.4 Å². The number of carbonyl (C=O) groups excluding carboxylic acids is 2. The number of carbonyl (C=O) groups is 2. The van der Waals surface area contributed by atoms with Crippen LogP contribution in [0.5, 0.6) is 0 Å². The van der Waals surface area contributed by atoms with Gasteiger partial charge in [-0.3, -0.25) is 14.5 Å². The van der Waals surface area contributed by atoms with Gasteiger partial charge in [0.15, 0.2) is 0 Å². The Kier molecular flexibility index (Phi) is 3.01. The molecule has 0 aromatic heterocycles. The van der Waals surface area contributed by atoms with Crippen molar-refractivity contribution in [3.8, 4) is 0 Å². The molecule has 0 spiro atoms. The first-order valence-corrected chi connectivity index (χ1v) is 6.93. The van der Waals surface area contributed by atoms with Crippen LogP contribution in [0.25, 0.3) is 0 Å². The number of hydrogen-bond acceptors (Lipinski definition) is 4. The second-order valence-corrected chi connectivity index (χ2v) is 5.71. The molecule has 0 unspecified atom stereocenters. The molecule has 1 aliphatic carbocycles. The lowest BCUT2D eigenvalue weighted by atomic mass is 10.0. The number of fused-ring (bicyclic) bond motifs is 1. The van der Waals surface area contributed by atoms with Gasteiger partial charge in [0.1, 0.15) is 0 Å². The lowest BCUT2D eigenvalue weighted by Gasteiger charge is -2.23. The summed E-state index contributed by atoms with van der Waals surface area (Å²) in [6, 6.07) is 5.14. The van der Waals surface area contributed by atoms with Gasteiger partial charge in [-0.15, -0.1) is 0 Å². The van der Waals surface area contributed by atoms with E-state index in [1.807, 2.05) is 0 Å². The summed E-state index contributed by atoms with van der Waals surface area (Å²) < 4.78 is 0. The molecule has 2 amide bonds. The Labute approximate surface area is 117 Å². The van der Waals surface area contributed by atoms with Crippen molar-refractivity contribution in [1.29, 1.82) is 0 Å². The minimum Gasteiger partial charge on any atom is -0.388 e. The molecule has 2 N–H and O–H groups in total. The quantitative estimate of drug-likeness (QED) is 0.822. The Morgan fingerprint density at radius 3 is 2.55 bits per heavy atom. The van der Waals surface area contributed by atoms with E-state index >= 15 is 0 Å². The van der Waals surface area contributed by atoms with Crippen LogP contribution < -0.4 is 5.32 Å². The summed E-state index contributed by atoms with van der Waals surface area (Å²) in [5.74, 6) is -0.529. The van der Waals surface area contributed by atoms with Crippen molar-refractivity contribution in [2.75, 3.05) is 18.9 Å². The van der Waals surface area contributed by atoms with Crippen molar-refractivity contribution in [2.45, 2.75) is 31.3 Å². The second kappa shape index (κ2) is 4.59. The molecule has 0 bridgehead atoms. The maximum Gasteiger partial charge on any atom is 0.261 e. The van der Waals surface area contributed by atoms with Gasteiger partial charge in [-0.2, -0.15) is 0 Å². The number of amides is 2. The normalized spacial score (nSPS) is 20.4. The molecule has 3 rings (SSSR count). The van der Waals surface area contributed by atoms with Crippen molar-refractivity contribution in [1.82, 2.24) is 4.90 Å². The van der Waals surface area contributed by atoms with Crippen LogP contribution in [-0.4, -0.2) is 41.0 Å². The molecule has 0 saturated heterocycles. The van der Waals surface area contributed by atoms with Crippen LogP contribution in [-0.2, 0) is 0 Å². The van der Waals surface area contributed by atoms with Crippen molar-refractivity contribution >= 4 is 17.5 Å². The highest BCUT2D eigenvalue weighted by molar-refractivity contribution is 6.21. The number of benzene rings is 1. The van der Waals surface area contributed by atoms with Crippen LogP contribution in [0.15, 0.2) is 18.2 Å². The molecular formula is C15H18N2O3. The van der Waals surface area contributed by atoms with E-state index in [4.69, 9.17) is 0 Å². The van der Waals surface area contributed by atoms with Crippen molar-refractivity contribution < 1.29 is 14.7 Å². The van der Waals surface area contributed by atoms with Crippen molar-refractivity contribution in [3.05, 3.63) is 29.3 Å². The fourth-order valence-corrected chi connectivity index (χ4v) is 2.95. The van der Waals surface area contributed by atoms with Gasteiger partial charge in [0.25, 0.3) is 11.8 Å². The second-order valence-electron chi connectivity index (χ2n) is 5.71. The Hall–Kier alpha value is -1.88. The Morgan fingerprint density at radius 1 is 1.20 bits per heavy atom. The molecular weight excluding hydrogens is 256 g/mol. The lowest BCUT2D eigenvalue weighted by Crippen LogP contribution is -2.33. The number of imide groups is 1. The summed E-state index contributed by atoms with van der Waals surface area (Å²) in [6.45, 7) is 0.476. The fourth-order valence-electron chi connectivity index (χ4n) is 2.95. The molecule has 0 atom stereocenters. The molecule has 0 radical (unpaired) electrons. The number of hydrogen-bond donors (Lipinski definition) is 2. The number of rotatable bonds is 3. The van der Waals surface area contributed by atoms with Crippen LogP contribution in [0.2, 0.25) is 0 Å². The standard InChI is InChI=1S/C15H18N2O3/c1-17-13(18)11-5-4-10(8-12(11)14(17)19)16-9-15(20)6-2-3-7-15/h4-5,8,16,20H,2-3,6-7,9H2,1H3. The molecule has 5 heteroatoms.